The molecule has 0 aliphatic carbocycles. The molecule has 1 rings (SSSR count). The van der Waals surface area contributed by atoms with Crippen LogP contribution in [0.1, 0.15) is 26.7 Å². The molecule has 1 heterocycles. The van der Waals surface area contributed by atoms with Crippen molar-refractivity contribution in [3.63, 3.8) is 0 Å². The molecule has 1 saturated heterocycles. The molecule has 1 aliphatic rings. The van der Waals surface area contributed by atoms with E-state index in [0.29, 0.717) is 18.6 Å². The van der Waals surface area contributed by atoms with E-state index < -0.39 is 0 Å². The summed E-state index contributed by atoms with van der Waals surface area (Å²) in [5.41, 5.74) is 0.403. The van der Waals surface area contributed by atoms with Crippen molar-refractivity contribution >= 4 is 18.3 Å². The van der Waals surface area contributed by atoms with Crippen LogP contribution >= 0.6 is 12.4 Å². The fourth-order valence-electron chi connectivity index (χ4n) is 1.84. The van der Waals surface area contributed by atoms with E-state index in [2.05, 4.69) is 19.2 Å². The average Bonchev–Trinajstić information content (AvgIpc) is 2.24. The number of hydrogen-bond acceptors (Lipinski definition) is 3. The molecule has 0 radical (unpaired) electrons. The van der Waals surface area contributed by atoms with Crippen molar-refractivity contribution in [1.82, 2.24) is 10.2 Å². The van der Waals surface area contributed by atoms with E-state index in [-0.39, 0.29) is 18.3 Å². The molecule has 0 atom stereocenters. The third-order valence-electron chi connectivity index (χ3n) is 3.23. The van der Waals surface area contributed by atoms with Crippen molar-refractivity contribution in [3.8, 4) is 0 Å². The van der Waals surface area contributed by atoms with Crippen LogP contribution < -0.4 is 5.32 Å². The molecular weight excluding hydrogens is 240 g/mol. The summed E-state index contributed by atoms with van der Waals surface area (Å²) in [6.07, 6.45) is 2.22. The molecule has 0 bridgehead atoms. The molecular formula is C12H25ClN2O2. The lowest BCUT2D eigenvalue weighted by atomic mass is 9.83. The van der Waals surface area contributed by atoms with Crippen molar-refractivity contribution in [2.75, 3.05) is 39.9 Å². The van der Waals surface area contributed by atoms with Gasteiger partial charge in [0.2, 0.25) is 5.91 Å². The predicted molar refractivity (Wildman–Crippen MR) is 71.6 cm³/mol. The highest BCUT2D eigenvalue weighted by molar-refractivity contribution is 5.85. The summed E-state index contributed by atoms with van der Waals surface area (Å²) in [6, 6.07) is 0. The summed E-state index contributed by atoms with van der Waals surface area (Å²) in [5.74, 6) is 0.214. The van der Waals surface area contributed by atoms with Crippen LogP contribution in [0.5, 0.6) is 0 Å². The minimum absolute atomic E-state index is 0. The lowest BCUT2D eigenvalue weighted by molar-refractivity contribution is -0.132. The zero-order chi connectivity index (χ0) is 12.0. The molecule has 0 spiro atoms. The van der Waals surface area contributed by atoms with Crippen LogP contribution in [-0.4, -0.2) is 50.7 Å². The SMILES string of the molecule is COCCNCC(=O)N1CCC(C)(C)CC1.Cl. The fourth-order valence-corrected chi connectivity index (χ4v) is 1.84. The molecule has 0 aromatic carbocycles. The van der Waals surface area contributed by atoms with Gasteiger partial charge < -0.3 is 15.0 Å². The zero-order valence-corrected chi connectivity index (χ0v) is 11.9. The van der Waals surface area contributed by atoms with Crippen molar-refractivity contribution in [2.24, 2.45) is 5.41 Å². The molecule has 1 amide bonds. The average molecular weight is 265 g/mol. The van der Waals surface area contributed by atoms with E-state index in [1.807, 2.05) is 4.90 Å². The van der Waals surface area contributed by atoms with Gasteiger partial charge in [-0.1, -0.05) is 13.8 Å². The molecule has 5 heteroatoms. The topological polar surface area (TPSA) is 41.6 Å². The first-order valence-corrected chi connectivity index (χ1v) is 6.02. The molecule has 0 aromatic rings. The molecule has 17 heavy (non-hydrogen) atoms. The first-order valence-electron chi connectivity index (χ1n) is 6.02. The van der Waals surface area contributed by atoms with E-state index in [4.69, 9.17) is 4.74 Å². The second kappa shape index (κ2) is 7.90. The van der Waals surface area contributed by atoms with E-state index in [1.54, 1.807) is 7.11 Å². The van der Waals surface area contributed by atoms with E-state index in [1.165, 1.54) is 0 Å². The Labute approximate surface area is 110 Å². The van der Waals surface area contributed by atoms with Crippen LogP contribution in [0.3, 0.4) is 0 Å². The number of likely N-dealkylation sites (tertiary alicyclic amines) is 1. The largest absolute Gasteiger partial charge is 0.383 e. The number of ether oxygens (including phenoxy) is 1. The summed E-state index contributed by atoms with van der Waals surface area (Å²) in [5, 5.41) is 3.09. The Morgan fingerprint density at radius 1 is 1.35 bits per heavy atom. The number of halogens is 1. The summed E-state index contributed by atoms with van der Waals surface area (Å²) >= 11 is 0. The number of methoxy groups -OCH3 is 1. The number of nitrogens with zero attached hydrogens (tertiary/aromatic N) is 1. The highest BCUT2D eigenvalue weighted by Crippen LogP contribution is 2.29. The maximum absolute atomic E-state index is 11.8. The van der Waals surface area contributed by atoms with Gasteiger partial charge in [0.15, 0.2) is 0 Å². The Balaban J connectivity index is 0.00000256. The third kappa shape index (κ3) is 6.24. The Bertz CT molecular complexity index is 225. The number of piperidine rings is 1. The first kappa shape index (κ1) is 16.7. The summed E-state index contributed by atoms with van der Waals surface area (Å²) in [6.45, 7) is 8.17. The van der Waals surface area contributed by atoms with Gasteiger partial charge in [0.05, 0.1) is 13.2 Å². The first-order chi connectivity index (χ1) is 7.55. The number of amides is 1. The standard InChI is InChI=1S/C12H24N2O2.ClH/c1-12(2)4-7-14(8-5-12)11(15)10-13-6-9-16-3;/h13H,4-10H2,1-3H3;1H. The second-order valence-electron chi connectivity index (χ2n) is 5.21. The molecule has 4 nitrogen and oxygen atoms in total. The minimum atomic E-state index is 0. The Morgan fingerprint density at radius 3 is 2.47 bits per heavy atom. The fraction of sp³-hybridized carbons (Fsp3) is 0.917. The van der Waals surface area contributed by atoms with Crippen LogP contribution in [0.15, 0.2) is 0 Å². The molecule has 1 fully saturated rings. The van der Waals surface area contributed by atoms with Gasteiger partial charge in [-0.2, -0.15) is 0 Å². The maximum Gasteiger partial charge on any atom is 0.236 e. The maximum atomic E-state index is 11.8. The summed E-state index contributed by atoms with van der Waals surface area (Å²) in [4.78, 5) is 13.8. The number of nitrogens with one attached hydrogen (secondary N) is 1. The van der Waals surface area contributed by atoms with Gasteiger partial charge in [-0.05, 0) is 18.3 Å². The normalized spacial score (nSPS) is 18.6. The van der Waals surface area contributed by atoms with E-state index in [9.17, 15) is 4.79 Å². The van der Waals surface area contributed by atoms with Gasteiger partial charge >= 0.3 is 0 Å². The van der Waals surface area contributed by atoms with Gasteiger partial charge in [0.25, 0.3) is 0 Å². The van der Waals surface area contributed by atoms with Crippen molar-refractivity contribution in [2.45, 2.75) is 26.7 Å². The molecule has 1 N–H and O–H groups in total. The number of hydrogen-bond donors (Lipinski definition) is 1. The molecule has 0 unspecified atom stereocenters. The van der Waals surface area contributed by atoms with Gasteiger partial charge in [-0.15, -0.1) is 12.4 Å². The van der Waals surface area contributed by atoms with Gasteiger partial charge in [0.1, 0.15) is 0 Å². The third-order valence-corrected chi connectivity index (χ3v) is 3.23. The van der Waals surface area contributed by atoms with E-state index >= 15 is 0 Å². The van der Waals surface area contributed by atoms with E-state index in [0.717, 1.165) is 32.5 Å². The summed E-state index contributed by atoms with van der Waals surface area (Å²) in [7, 11) is 1.66. The van der Waals surface area contributed by atoms with Crippen LogP contribution in [-0.2, 0) is 9.53 Å². The zero-order valence-electron chi connectivity index (χ0n) is 11.1. The highest BCUT2D eigenvalue weighted by Gasteiger charge is 2.27. The second-order valence-corrected chi connectivity index (χ2v) is 5.21. The van der Waals surface area contributed by atoms with Gasteiger partial charge in [-0.3, -0.25) is 4.79 Å². The Hall–Kier alpha value is -0.320. The van der Waals surface area contributed by atoms with Gasteiger partial charge in [-0.25, -0.2) is 0 Å². The van der Waals surface area contributed by atoms with Crippen LogP contribution in [0, 0.1) is 5.41 Å². The minimum Gasteiger partial charge on any atom is -0.383 e. The van der Waals surface area contributed by atoms with Crippen molar-refractivity contribution in [3.05, 3.63) is 0 Å². The molecule has 1 aliphatic heterocycles. The van der Waals surface area contributed by atoms with Gasteiger partial charge in [0, 0.05) is 26.7 Å². The smallest absolute Gasteiger partial charge is 0.236 e. The quantitative estimate of drug-likeness (QED) is 0.761. The number of carbonyl (C=O) groups excluding carboxylic acids is 1. The molecule has 0 saturated carbocycles. The summed E-state index contributed by atoms with van der Waals surface area (Å²) < 4.78 is 4.91. The Morgan fingerprint density at radius 2 is 1.94 bits per heavy atom. The Kier molecular flexibility index (Phi) is 7.75. The van der Waals surface area contributed by atoms with Crippen molar-refractivity contribution in [1.29, 1.82) is 0 Å². The lowest BCUT2D eigenvalue weighted by Gasteiger charge is -2.37. The van der Waals surface area contributed by atoms with Crippen LogP contribution in [0.4, 0.5) is 0 Å². The monoisotopic (exact) mass is 264 g/mol. The number of carbonyl (C=O) groups is 1. The van der Waals surface area contributed by atoms with Crippen LogP contribution in [0.25, 0.3) is 0 Å². The number of rotatable bonds is 5. The highest BCUT2D eigenvalue weighted by atomic mass is 35.5. The molecule has 0 aromatic heterocycles. The molecule has 102 valence electrons. The van der Waals surface area contributed by atoms with Crippen molar-refractivity contribution < 1.29 is 9.53 Å². The predicted octanol–water partition coefficient (Wildman–Crippen LogP) is 1.29. The lowest BCUT2D eigenvalue weighted by Crippen LogP contribution is -2.45. The van der Waals surface area contributed by atoms with Crippen LogP contribution in [0.2, 0.25) is 0 Å².